The molecule has 130 valence electrons. The predicted molar refractivity (Wildman–Crippen MR) is 102 cm³/mol. The van der Waals surface area contributed by atoms with Crippen molar-refractivity contribution < 1.29 is 9.53 Å². The first-order valence-corrected chi connectivity index (χ1v) is 8.95. The first-order chi connectivity index (χ1) is 12.2. The molecule has 1 atom stereocenters. The molecule has 1 aliphatic rings. The van der Waals surface area contributed by atoms with Crippen molar-refractivity contribution in [2.75, 3.05) is 13.2 Å². The largest absolute Gasteiger partial charge is 0.376 e. The third-order valence-electron chi connectivity index (χ3n) is 4.28. The van der Waals surface area contributed by atoms with Crippen molar-refractivity contribution in [3.8, 4) is 0 Å². The van der Waals surface area contributed by atoms with Crippen LogP contribution in [0.3, 0.4) is 0 Å². The first kappa shape index (κ1) is 17.6. The third kappa shape index (κ3) is 4.87. The fourth-order valence-electron chi connectivity index (χ4n) is 3.03. The molecule has 0 unspecified atom stereocenters. The summed E-state index contributed by atoms with van der Waals surface area (Å²) in [5, 5.41) is 6.26. The highest BCUT2D eigenvalue weighted by Crippen LogP contribution is 2.24. The Bertz CT molecular complexity index is 661. The summed E-state index contributed by atoms with van der Waals surface area (Å²) in [5.41, 5.74) is 1.88. The lowest BCUT2D eigenvalue weighted by Crippen LogP contribution is -2.44. The fourth-order valence-corrected chi connectivity index (χ4v) is 3.21. The Morgan fingerprint density at radius 1 is 1.08 bits per heavy atom. The van der Waals surface area contributed by atoms with Gasteiger partial charge in [-0.2, -0.15) is 0 Å². The molecule has 2 aromatic rings. The standard InChI is InChI=1S/C20H22N2O2S/c23-19(22-20(25)21-14-17-12-7-13-24-17)18(15-8-3-1-4-9-15)16-10-5-2-6-11-16/h1-6,8-11,17-18H,7,12-14H2,(H2,21,22,23,25)/t17-/m1/s1. The lowest BCUT2D eigenvalue weighted by atomic mass is 9.90. The summed E-state index contributed by atoms with van der Waals surface area (Å²) in [6.07, 6.45) is 2.28. The molecular weight excluding hydrogens is 332 g/mol. The Labute approximate surface area is 153 Å². The molecule has 5 heteroatoms. The van der Waals surface area contributed by atoms with E-state index in [1.807, 2.05) is 60.7 Å². The van der Waals surface area contributed by atoms with Gasteiger partial charge in [0.2, 0.25) is 5.91 Å². The summed E-state index contributed by atoms with van der Waals surface area (Å²) in [5.74, 6) is -0.535. The topological polar surface area (TPSA) is 50.4 Å². The van der Waals surface area contributed by atoms with E-state index in [9.17, 15) is 4.79 Å². The first-order valence-electron chi connectivity index (χ1n) is 8.54. The smallest absolute Gasteiger partial charge is 0.238 e. The second-order valence-corrected chi connectivity index (χ2v) is 6.50. The Morgan fingerprint density at radius 2 is 1.68 bits per heavy atom. The van der Waals surface area contributed by atoms with Crippen LogP contribution in [-0.2, 0) is 9.53 Å². The number of hydrogen-bond acceptors (Lipinski definition) is 3. The number of thiocarbonyl (C=S) groups is 1. The molecule has 3 rings (SSSR count). The highest BCUT2D eigenvalue weighted by atomic mass is 32.1. The van der Waals surface area contributed by atoms with Crippen LogP contribution in [-0.4, -0.2) is 30.3 Å². The van der Waals surface area contributed by atoms with Crippen LogP contribution in [0, 0.1) is 0 Å². The molecular formula is C20H22N2O2S. The molecule has 4 nitrogen and oxygen atoms in total. The number of rotatable bonds is 5. The van der Waals surface area contributed by atoms with Gasteiger partial charge < -0.3 is 15.4 Å². The minimum Gasteiger partial charge on any atom is -0.376 e. The number of ether oxygens (including phenoxy) is 1. The highest BCUT2D eigenvalue weighted by Gasteiger charge is 2.23. The normalized spacial score (nSPS) is 16.6. The Kier molecular flexibility index (Phi) is 6.14. The molecule has 0 saturated carbocycles. The molecule has 2 N–H and O–H groups in total. The molecule has 2 aromatic carbocycles. The second kappa shape index (κ2) is 8.74. The van der Waals surface area contributed by atoms with Crippen LogP contribution < -0.4 is 10.6 Å². The van der Waals surface area contributed by atoms with E-state index in [0.29, 0.717) is 11.7 Å². The fraction of sp³-hybridized carbons (Fsp3) is 0.300. The molecule has 1 amide bonds. The van der Waals surface area contributed by atoms with Gasteiger partial charge in [-0.05, 0) is 36.2 Å². The van der Waals surface area contributed by atoms with Crippen molar-refractivity contribution in [1.82, 2.24) is 10.6 Å². The van der Waals surface area contributed by atoms with Crippen LogP contribution >= 0.6 is 12.2 Å². The van der Waals surface area contributed by atoms with E-state index in [-0.39, 0.29) is 12.0 Å². The SMILES string of the molecule is O=C(NC(=S)NC[C@H]1CCCO1)C(c1ccccc1)c1ccccc1. The Balaban J connectivity index is 1.68. The summed E-state index contributed by atoms with van der Waals surface area (Å²) >= 11 is 5.29. The zero-order valence-electron chi connectivity index (χ0n) is 14.0. The predicted octanol–water partition coefficient (Wildman–Crippen LogP) is 2.99. The van der Waals surface area contributed by atoms with Gasteiger partial charge in [-0.15, -0.1) is 0 Å². The zero-order chi connectivity index (χ0) is 17.5. The van der Waals surface area contributed by atoms with E-state index < -0.39 is 5.92 Å². The van der Waals surface area contributed by atoms with Gasteiger partial charge in [0.15, 0.2) is 5.11 Å². The van der Waals surface area contributed by atoms with Crippen LogP contribution in [0.25, 0.3) is 0 Å². The Morgan fingerprint density at radius 3 is 2.20 bits per heavy atom. The van der Waals surface area contributed by atoms with Gasteiger partial charge in [0.05, 0.1) is 12.0 Å². The zero-order valence-corrected chi connectivity index (χ0v) is 14.8. The molecule has 1 heterocycles. The summed E-state index contributed by atoms with van der Waals surface area (Å²) in [7, 11) is 0. The van der Waals surface area contributed by atoms with E-state index in [2.05, 4.69) is 10.6 Å². The van der Waals surface area contributed by atoms with E-state index >= 15 is 0 Å². The van der Waals surface area contributed by atoms with Crippen molar-refractivity contribution in [2.45, 2.75) is 24.9 Å². The number of carbonyl (C=O) groups is 1. The van der Waals surface area contributed by atoms with Crippen molar-refractivity contribution in [3.05, 3.63) is 71.8 Å². The maximum Gasteiger partial charge on any atom is 0.238 e. The van der Waals surface area contributed by atoms with Gasteiger partial charge in [0.1, 0.15) is 0 Å². The molecule has 0 aliphatic carbocycles. The molecule has 0 radical (unpaired) electrons. The van der Waals surface area contributed by atoms with Crippen LogP contribution in [0.5, 0.6) is 0 Å². The monoisotopic (exact) mass is 354 g/mol. The van der Waals surface area contributed by atoms with Crippen LogP contribution in [0.4, 0.5) is 0 Å². The van der Waals surface area contributed by atoms with Gasteiger partial charge in [-0.1, -0.05) is 60.7 Å². The number of carbonyl (C=O) groups excluding carboxylic acids is 1. The van der Waals surface area contributed by atoms with Gasteiger partial charge in [0, 0.05) is 13.2 Å². The summed E-state index contributed by atoms with van der Waals surface area (Å²) < 4.78 is 5.56. The van der Waals surface area contributed by atoms with Crippen molar-refractivity contribution >= 4 is 23.2 Å². The number of benzene rings is 2. The van der Waals surface area contributed by atoms with Crippen LogP contribution in [0.15, 0.2) is 60.7 Å². The van der Waals surface area contributed by atoms with Gasteiger partial charge >= 0.3 is 0 Å². The minimum atomic E-state index is -0.398. The van der Waals surface area contributed by atoms with Gasteiger partial charge in [-0.25, -0.2) is 0 Å². The lowest BCUT2D eigenvalue weighted by Gasteiger charge is -2.19. The average Bonchev–Trinajstić information content (AvgIpc) is 3.16. The van der Waals surface area contributed by atoms with Crippen molar-refractivity contribution in [1.29, 1.82) is 0 Å². The Hall–Kier alpha value is -2.24. The molecule has 1 aliphatic heterocycles. The van der Waals surface area contributed by atoms with Crippen molar-refractivity contribution in [2.24, 2.45) is 0 Å². The quantitative estimate of drug-likeness (QED) is 0.811. The molecule has 1 saturated heterocycles. The maximum absolute atomic E-state index is 12.9. The molecule has 0 aromatic heterocycles. The summed E-state index contributed by atoms with van der Waals surface area (Å²) in [6, 6.07) is 19.5. The number of amides is 1. The average molecular weight is 354 g/mol. The van der Waals surface area contributed by atoms with Crippen molar-refractivity contribution in [3.63, 3.8) is 0 Å². The van der Waals surface area contributed by atoms with Crippen LogP contribution in [0.1, 0.15) is 29.9 Å². The minimum absolute atomic E-state index is 0.137. The van der Waals surface area contributed by atoms with Crippen LogP contribution in [0.2, 0.25) is 0 Å². The molecule has 25 heavy (non-hydrogen) atoms. The summed E-state index contributed by atoms with van der Waals surface area (Å²) in [6.45, 7) is 1.43. The maximum atomic E-state index is 12.9. The van der Waals surface area contributed by atoms with E-state index in [1.54, 1.807) is 0 Å². The number of nitrogens with one attached hydrogen (secondary N) is 2. The summed E-state index contributed by atoms with van der Waals surface area (Å²) in [4.78, 5) is 12.9. The van der Waals surface area contributed by atoms with Gasteiger partial charge in [0.25, 0.3) is 0 Å². The lowest BCUT2D eigenvalue weighted by molar-refractivity contribution is -0.120. The molecule has 1 fully saturated rings. The molecule has 0 bridgehead atoms. The van der Waals surface area contributed by atoms with E-state index in [0.717, 1.165) is 30.6 Å². The van der Waals surface area contributed by atoms with Gasteiger partial charge in [-0.3, -0.25) is 4.79 Å². The third-order valence-corrected chi connectivity index (χ3v) is 4.53. The highest BCUT2D eigenvalue weighted by molar-refractivity contribution is 7.80. The van der Waals surface area contributed by atoms with E-state index in [4.69, 9.17) is 17.0 Å². The van der Waals surface area contributed by atoms with E-state index in [1.165, 1.54) is 0 Å². The molecule has 0 spiro atoms. The number of hydrogen-bond donors (Lipinski definition) is 2. The second-order valence-electron chi connectivity index (χ2n) is 6.09.